The van der Waals surface area contributed by atoms with Crippen LogP contribution in [-0.4, -0.2) is 25.0 Å². The van der Waals surface area contributed by atoms with Crippen LogP contribution in [0.3, 0.4) is 0 Å². The van der Waals surface area contributed by atoms with Crippen molar-refractivity contribution < 1.29 is 18.7 Å². The minimum atomic E-state index is -0.704. The Hall–Kier alpha value is -3.61. The lowest BCUT2D eigenvalue weighted by atomic mass is 10.1. The highest BCUT2D eigenvalue weighted by Crippen LogP contribution is 2.34. The lowest BCUT2D eigenvalue weighted by Crippen LogP contribution is -2.39. The average Bonchev–Trinajstić information content (AvgIpc) is 2.69. The van der Waals surface area contributed by atoms with Crippen molar-refractivity contribution in [3.8, 4) is 5.75 Å². The van der Waals surface area contributed by atoms with Crippen molar-refractivity contribution in [3.63, 3.8) is 0 Å². The first-order valence-corrected chi connectivity index (χ1v) is 8.98. The number of fused-ring (bicyclic) bond motifs is 2. The predicted octanol–water partition coefficient (Wildman–Crippen LogP) is 3.18. The molecule has 0 atom stereocenters. The molecule has 1 aliphatic heterocycles. The van der Waals surface area contributed by atoms with Crippen molar-refractivity contribution in [1.29, 1.82) is 0 Å². The summed E-state index contributed by atoms with van der Waals surface area (Å²) in [6.07, 6.45) is 0.821. The van der Waals surface area contributed by atoms with Crippen LogP contribution in [0.4, 0.5) is 11.4 Å². The minimum Gasteiger partial charge on any atom is -0.481 e. The van der Waals surface area contributed by atoms with E-state index in [0.717, 1.165) is 6.42 Å². The molecule has 2 amide bonds. The van der Waals surface area contributed by atoms with E-state index in [4.69, 9.17) is 9.15 Å². The van der Waals surface area contributed by atoms with Crippen LogP contribution in [0.15, 0.2) is 57.7 Å². The van der Waals surface area contributed by atoms with E-state index < -0.39 is 11.5 Å². The van der Waals surface area contributed by atoms with Gasteiger partial charge >= 0.3 is 5.63 Å². The van der Waals surface area contributed by atoms with Gasteiger partial charge in [-0.2, -0.15) is 0 Å². The lowest BCUT2D eigenvalue weighted by molar-refractivity contribution is -0.121. The Bertz CT molecular complexity index is 1140. The molecular formula is C21H18N2O5. The van der Waals surface area contributed by atoms with Crippen LogP contribution in [0.25, 0.3) is 11.0 Å². The maximum absolute atomic E-state index is 12.6. The van der Waals surface area contributed by atoms with Gasteiger partial charge in [0.05, 0.1) is 5.69 Å². The van der Waals surface area contributed by atoms with Gasteiger partial charge in [0.2, 0.25) is 0 Å². The average molecular weight is 378 g/mol. The summed E-state index contributed by atoms with van der Waals surface area (Å²) in [6.45, 7) is 2.55. The van der Waals surface area contributed by atoms with E-state index in [1.807, 2.05) is 6.92 Å². The van der Waals surface area contributed by atoms with Crippen molar-refractivity contribution in [1.82, 2.24) is 0 Å². The van der Waals surface area contributed by atoms with Crippen LogP contribution in [0.2, 0.25) is 0 Å². The van der Waals surface area contributed by atoms with Gasteiger partial charge in [0.15, 0.2) is 6.61 Å². The maximum atomic E-state index is 12.6. The van der Waals surface area contributed by atoms with E-state index in [1.54, 1.807) is 47.4 Å². The van der Waals surface area contributed by atoms with Crippen molar-refractivity contribution in [3.05, 3.63) is 64.5 Å². The second kappa shape index (κ2) is 7.19. The maximum Gasteiger partial charge on any atom is 0.349 e. The number of rotatable bonds is 4. The molecule has 0 bridgehead atoms. The first-order valence-electron chi connectivity index (χ1n) is 8.98. The monoisotopic (exact) mass is 378 g/mol. The van der Waals surface area contributed by atoms with Crippen molar-refractivity contribution in [2.24, 2.45) is 0 Å². The van der Waals surface area contributed by atoms with Gasteiger partial charge in [-0.05, 0) is 30.7 Å². The van der Waals surface area contributed by atoms with Crippen LogP contribution in [-0.2, 0) is 4.79 Å². The highest BCUT2D eigenvalue weighted by molar-refractivity contribution is 6.06. The first-order chi connectivity index (χ1) is 13.6. The largest absolute Gasteiger partial charge is 0.481 e. The Balaban J connectivity index is 1.61. The molecule has 1 N–H and O–H groups in total. The number of hydrogen-bond acceptors (Lipinski definition) is 5. The lowest BCUT2D eigenvalue weighted by Gasteiger charge is -2.29. The third kappa shape index (κ3) is 3.22. The number of benzene rings is 2. The number of hydrogen-bond donors (Lipinski definition) is 1. The number of nitrogens with one attached hydrogen (secondary N) is 1. The molecule has 3 aromatic rings. The van der Waals surface area contributed by atoms with Crippen LogP contribution >= 0.6 is 0 Å². The summed E-state index contributed by atoms with van der Waals surface area (Å²) >= 11 is 0. The predicted molar refractivity (Wildman–Crippen MR) is 105 cm³/mol. The van der Waals surface area contributed by atoms with Crippen LogP contribution in [0.1, 0.15) is 23.7 Å². The second-order valence-electron chi connectivity index (χ2n) is 6.46. The Kier molecular flexibility index (Phi) is 4.57. The summed E-state index contributed by atoms with van der Waals surface area (Å²) in [6, 6.07) is 13.5. The standard InChI is InChI=1S/C21H18N2O5/c1-2-9-23-16-8-7-14(11-18(16)27-12-19(23)24)22-20(25)15-10-13-5-3-4-6-17(13)28-21(15)26/h3-8,10-11H,2,9,12H2,1H3,(H,22,25). The SMILES string of the molecule is CCCN1C(=O)COc2cc(NC(=O)c3cc4ccccc4oc3=O)ccc21. The topological polar surface area (TPSA) is 88.8 Å². The summed E-state index contributed by atoms with van der Waals surface area (Å²) in [5.41, 5.74) is 0.764. The third-order valence-corrected chi connectivity index (χ3v) is 4.49. The molecule has 2 heterocycles. The molecule has 0 spiro atoms. The number of ether oxygens (including phenoxy) is 1. The molecule has 2 aromatic carbocycles. The number of amides is 2. The molecule has 1 aliphatic rings. The molecule has 0 saturated carbocycles. The molecule has 1 aromatic heterocycles. The summed E-state index contributed by atoms with van der Waals surface area (Å²) in [7, 11) is 0. The molecule has 0 radical (unpaired) electrons. The number of carbonyl (C=O) groups excluding carboxylic acids is 2. The number of nitrogens with zero attached hydrogens (tertiary/aromatic N) is 1. The van der Waals surface area contributed by atoms with Gasteiger partial charge in [0.25, 0.3) is 11.8 Å². The third-order valence-electron chi connectivity index (χ3n) is 4.49. The smallest absolute Gasteiger partial charge is 0.349 e. The van der Waals surface area contributed by atoms with Gasteiger partial charge in [0.1, 0.15) is 16.9 Å². The molecule has 28 heavy (non-hydrogen) atoms. The van der Waals surface area contributed by atoms with Gasteiger partial charge in [-0.1, -0.05) is 25.1 Å². The Morgan fingerprint density at radius 1 is 1.14 bits per heavy atom. The van der Waals surface area contributed by atoms with Crippen LogP contribution < -0.4 is 20.6 Å². The quantitative estimate of drug-likeness (QED) is 0.705. The number of carbonyl (C=O) groups is 2. The van der Waals surface area contributed by atoms with E-state index in [9.17, 15) is 14.4 Å². The molecule has 0 saturated heterocycles. The molecule has 0 fully saturated rings. The first kappa shape index (κ1) is 17.8. The highest BCUT2D eigenvalue weighted by atomic mass is 16.5. The van der Waals surface area contributed by atoms with E-state index in [1.165, 1.54) is 6.07 Å². The van der Waals surface area contributed by atoms with Gasteiger partial charge < -0.3 is 19.4 Å². The Morgan fingerprint density at radius 2 is 1.96 bits per heavy atom. The highest BCUT2D eigenvalue weighted by Gasteiger charge is 2.25. The number of para-hydroxylation sites is 1. The molecule has 4 rings (SSSR count). The molecule has 142 valence electrons. The summed E-state index contributed by atoms with van der Waals surface area (Å²) in [5, 5.41) is 3.35. The van der Waals surface area contributed by atoms with E-state index >= 15 is 0 Å². The van der Waals surface area contributed by atoms with E-state index in [-0.39, 0.29) is 18.1 Å². The zero-order chi connectivity index (χ0) is 19.7. The molecular weight excluding hydrogens is 360 g/mol. The Morgan fingerprint density at radius 3 is 2.79 bits per heavy atom. The molecule has 0 aliphatic carbocycles. The van der Waals surface area contributed by atoms with Crippen molar-refractivity contribution in [2.45, 2.75) is 13.3 Å². The normalized spacial score (nSPS) is 13.2. The fourth-order valence-electron chi connectivity index (χ4n) is 3.17. The zero-order valence-electron chi connectivity index (χ0n) is 15.2. The minimum absolute atomic E-state index is 0.0430. The van der Waals surface area contributed by atoms with E-state index in [2.05, 4.69) is 5.32 Å². The van der Waals surface area contributed by atoms with Crippen molar-refractivity contribution >= 4 is 34.2 Å². The van der Waals surface area contributed by atoms with Gasteiger partial charge in [0, 0.05) is 23.7 Å². The number of anilines is 2. The van der Waals surface area contributed by atoms with Crippen LogP contribution in [0.5, 0.6) is 5.75 Å². The molecule has 0 unspecified atom stereocenters. The fraction of sp³-hybridized carbons (Fsp3) is 0.190. The summed E-state index contributed by atoms with van der Waals surface area (Å²) in [4.78, 5) is 38.4. The molecule has 7 nitrogen and oxygen atoms in total. The Labute approximate surface area is 160 Å². The van der Waals surface area contributed by atoms with Gasteiger partial charge in [-0.3, -0.25) is 9.59 Å². The molecule has 7 heteroatoms. The summed E-state index contributed by atoms with van der Waals surface area (Å²) in [5.74, 6) is -0.159. The summed E-state index contributed by atoms with van der Waals surface area (Å²) < 4.78 is 10.7. The van der Waals surface area contributed by atoms with Gasteiger partial charge in [-0.15, -0.1) is 0 Å². The van der Waals surface area contributed by atoms with E-state index in [0.29, 0.717) is 34.6 Å². The van der Waals surface area contributed by atoms with Crippen molar-refractivity contribution in [2.75, 3.05) is 23.4 Å². The van der Waals surface area contributed by atoms with Gasteiger partial charge in [-0.25, -0.2) is 4.79 Å². The fourth-order valence-corrected chi connectivity index (χ4v) is 3.17. The zero-order valence-corrected chi connectivity index (χ0v) is 15.2. The second-order valence-corrected chi connectivity index (χ2v) is 6.46. The van der Waals surface area contributed by atoms with Crippen LogP contribution in [0, 0.1) is 0 Å².